The van der Waals surface area contributed by atoms with Crippen LogP contribution in [0.25, 0.3) is 0 Å². The molecule has 132 valence electrons. The van der Waals surface area contributed by atoms with Gasteiger partial charge in [-0.1, -0.05) is 0 Å². The standard InChI is InChI=1S/C17H25N3O4/c1-5-20(6-2)14-9-7-13(8-10-14)17(23)24-12-15(21)18-11-16(22)19(3)4/h7-10H,5-6,11-12H2,1-4H3,(H,18,21). The molecular formula is C17H25N3O4. The molecule has 24 heavy (non-hydrogen) atoms. The van der Waals surface area contributed by atoms with Crippen LogP contribution in [0.2, 0.25) is 0 Å². The van der Waals surface area contributed by atoms with Gasteiger partial charge in [-0.2, -0.15) is 0 Å². The Hall–Kier alpha value is -2.57. The molecule has 1 aromatic rings. The number of nitrogens with zero attached hydrogens (tertiary/aromatic N) is 2. The Morgan fingerprint density at radius 3 is 2.12 bits per heavy atom. The van der Waals surface area contributed by atoms with E-state index in [0.717, 1.165) is 18.8 Å². The van der Waals surface area contributed by atoms with Crippen molar-refractivity contribution in [2.24, 2.45) is 0 Å². The van der Waals surface area contributed by atoms with E-state index < -0.39 is 18.5 Å². The molecule has 7 nitrogen and oxygen atoms in total. The number of anilines is 1. The first-order chi connectivity index (χ1) is 11.4. The summed E-state index contributed by atoms with van der Waals surface area (Å²) in [7, 11) is 3.19. The highest BCUT2D eigenvalue weighted by molar-refractivity contribution is 5.92. The van der Waals surface area contributed by atoms with Gasteiger partial charge < -0.3 is 19.9 Å². The molecule has 1 aromatic carbocycles. The summed E-state index contributed by atoms with van der Waals surface area (Å²) in [6.45, 7) is 5.34. The number of hydrogen-bond acceptors (Lipinski definition) is 5. The third-order valence-corrected chi connectivity index (χ3v) is 3.50. The number of esters is 1. The molecule has 0 saturated heterocycles. The van der Waals surface area contributed by atoms with Crippen LogP contribution >= 0.6 is 0 Å². The molecule has 0 heterocycles. The number of nitrogens with one attached hydrogen (secondary N) is 1. The average Bonchev–Trinajstić information content (AvgIpc) is 2.59. The Morgan fingerprint density at radius 1 is 1.04 bits per heavy atom. The first-order valence-electron chi connectivity index (χ1n) is 7.88. The van der Waals surface area contributed by atoms with Gasteiger partial charge in [0.1, 0.15) is 0 Å². The first kappa shape index (κ1) is 19.5. The average molecular weight is 335 g/mol. The Balaban J connectivity index is 2.48. The summed E-state index contributed by atoms with van der Waals surface area (Å²) in [6, 6.07) is 7.03. The van der Waals surface area contributed by atoms with Crippen LogP contribution in [0.4, 0.5) is 5.69 Å². The van der Waals surface area contributed by atoms with Crippen LogP contribution in [0.5, 0.6) is 0 Å². The fourth-order valence-electron chi connectivity index (χ4n) is 1.99. The molecule has 1 rings (SSSR count). The van der Waals surface area contributed by atoms with Gasteiger partial charge in [-0.15, -0.1) is 0 Å². The molecule has 2 amide bonds. The monoisotopic (exact) mass is 335 g/mol. The number of amides is 2. The number of carbonyl (C=O) groups is 3. The van der Waals surface area contributed by atoms with E-state index in [1.165, 1.54) is 4.90 Å². The fourth-order valence-corrected chi connectivity index (χ4v) is 1.99. The van der Waals surface area contributed by atoms with Crippen molar-refractivity contribution in [1.82, 2.24) is 10.2 Å². The number of likely N-dealkylation sites (N-methyl/N-ethyl adjacent to an activating group) is 1. The highest BCUT2D eigenvalue weighted by atomic mass is 16.5. The molecule has 0 bridgehead atoms. The molecule has 0 aliphatic carbocycles. The Labute approximate surface area is 142 Å². The molecule has 0 atom stereocenters. The van der Waals surface area contributed by atoms with E-state index in [4.69, 9.17) is 4.74 Å². The fraction of sp³-hybridized carbons (Fsp3) is 0.471. The lowest BCUT2D eigenvalue weighted by Gasteiger charge is -2.20. The lowest BCUT2D eigenvalue weighted by atomic mass is 10.2. The molecule has 0 fully saturated rings. The summed E-state index contributed by atoms with van der Waals surface area (Å²) < 4.78 is 4.95. The van der Waals surface area contributed by atoms with Crippen LogP contribution in [-0.4, -0.2) is 63.0 Å². The highest BCUT2D eigenvalue weighted by Gasteiger charge is 2.12. The normalized spacial score (nSPS) is 10.0. The second-order valence-corrected chi connectivity index (χ2v) is 5.36. The number of ether oxygens (including phenoxy) is 1. The van der Waals surface area contributed by atoms with E-state index in [2.05, 4.69) is 24.1 Å². The minimum absolute atomic E-state index is 0.123. The molecule has 0 aliphatic rings. The van der Waals surface area contributed by atoms with Crippen molar-refractivity contribution in [3.05, 3.63) is 29.8 Å². The number of carbonyl (C=O) groups excluding carboxylic acids is 3. The van der Waals surface area contributed by atoms with Gasteiger partial charge >= 0.3 is 5.97 Å². The van der Waals surface area contributed by atoms with Crippen molar-refractivity contribution in [2.75, 3.05) is 45.2 Å². The van der Waals surface area contributed by atoms with Crippen LogP contribution in [-0.2, 0) is 14.3 Å². The molecule has 0 unspecified atom stereocenters. The second-order valence-electron chi connectivity index (χ2n) is 5.36. The number of benzene rings is 1. The van der Waals surface area contributed by atoms with Crippen molar-refractivity contribution >= 4 is 23.5 Å². The maximum atomic E-state index is 11.9. The summed E-state index contributed by atoms with van der Waals surface area (Å²) in [4.78, 5) is 38.4. The van der Waals surface area contributed by atoms with Crippen LogP contribution < -0.4 is 10.2 Å². The van der Waals surface area contributed by atoms with E-state index in [0.29, 0.717) is 5.56 Å². The van der Waals surface area contributed by atoms with Crippen molar-refractivity contribution in [3.63, 3.8) is 0 Å². The SMILES string of the molecule is CCN(CC)c1ccc(C(=O)OCC(=O)NCC(=O)N(C)C)cc1. The highest BCUT2D eigenvalue weighted by Crippen LogP contribution is 2.15. The van der Waals surface area contributed by atoms with Gasteiger partial charge in [0.05, 0.1) is 12.1 Å². The summed E-state index contributed by atoms with van der Waals surface area (Å²) in [5.41, 5.74) is 1.40. The quantitative estimate of drug-likeness (QED) is 0.714. The number of rotatable bonds is 8. The van der Waals surface area contributed by atoms with E-state index in [1.54, 1.807) is 26.2 Å². The van der Waals surface area contributed by atoms with Gasteiger partial charge in [-0.3, -0.25) is 9.59 Å². The third kappa shape index (κ3) is 5.91. The van der Waals surface area contributed by atoms with Gasteiger partial charge in [0.25, 0.3) is 5.91 Å². The minimum Gasteiger partial charge on any atom is -0.452 e. The molecule has 0 spiro atoms. The molecule has 1 N–H and O–H groups in total. The van der Waals surface area contributed by atoms with Gasteiger partial charge in [-0.05, 0) is 38.1 Å². The van der Waals surface area contributed by atoms with E-state index >= 15 is 0 Å². The Bertz CT molecular complexity index is 566. The summed E-state index contributed by atoms with van der Waals surface area (Å²) >= 11 is 0. The van der Waals surface area contributed by atoms with Crippen molar-refractivity contribution in [1.29, 1.82) is 0 Å². The smallest absolute Gasteiger partial charge is 0.338 e. The largest absolute Gasteiger partial charge is 0.452 e. The Kier molecular flexibility index (Phi) is 7.74. The molecule has 0 aromatic heterocycles. The summed E-state index contributed by atoms with van der Waals surface area (Å²) in [5, 5.41) is 2.40. The van der Waals surface area contributed by atoms with Crippen molar-refractivity contribution in [3.8, 4) is 0 Å². The topological polar surface area (TPSA) is 79.0 Å². The maximum absolute atomic E-state index is 11.9. The van der Waals surface area contributed by atoms with Gasteiger partial charge in [-0.25, -0.2) is 4.79 Å². The first-order valence-corrected chi connectivity index (χ1v) is 7.88. The van der Waals surface area contributed by atoms with E-state index in [1.807, 2.05) is 12.1 Å². The summed E-state index contributed by atoms with van der Waals surface area (Å²) in [6.07, 6.45) is 0. The van der Waals surface area contributed by atoms with Gasteiger partial charge in [0, 0.05) is 32.9 Å². The van der Waals surface area contributed by atoms with Crippen LogP contribution in [0.3, 0.4) is 0 Å². The molecule has 0 saturated carbocycles. The van der Waals surface area contributed by atoms with Crippen LogP contribution in [0.15, 0.2) is 24.3 Å². The van der Waals surface area contributed by atoms with Crippen LogP contribution in [0, 0.1) is 0 Å². The van der Waals surface area contributed by atoms with Gasteiger partial charge in [0.2, 0.25) is 5.91 Å². The minimum atomic E-state index is -0.574. The van der Waals surface area contributed by atoms with E-state index in [-0.39, 0.29) is 12.5 Å². The number of hydrogen-bond donors (Lipinski definition) is 1. The predicted octanol–water partition coefficient (Wildman–Crippen LogP) is 0.894. The van der Waals surface area contributed by atoms with Crippen LogP contribution in [0.1, 0.15) is 24.2 Å². The Morgan fingerprint density at radius 2 is 1.62 bits per heavy atom. The van der Waals surface area contributed by atoms with Crippen molar-refractivity contribution < 1.29 is 19.1 Å². The van der Waals surface area contributed by atoms with Crippen molar-refractivity contribution in [2.45, 2.75) is 13.8 Å². The molecular weight excluding hydrogens is 310 g/mol. The van der Waals surface area contributed by atoms with Gasteiger partial charge in [0.15, 0.2) is 6.61 Å². The molecule has 7 heteroatoms. The molecule has 0 radical (unpaired) electrons. The van der Waals surface area contributed by atoms with E-state index in [9.17, 15) is 14.4 Å². The predicted molar refractivity (Wildman–Crippen MR) is 92.0 cm³/mol. The zero-order valence-electron chi connectivity index (χ0n) is 14.7. The zero-order chi connectivity index (χ0) is 18.1. The third-order valence-electron chi connectivity index (χ3n) is 3.50. The zero-order valence-corrected chi connectivity index (χ0v) is 14.7. The maximum Gasteiger partial charge on any atom is 0.338 e. The lowest BCUT2D eigenvalue weighted by Crippen LogP contribution is -2.38. The molecule has 0 aliphatic heterocycles. The lowest BCUT2D eigenvalue weighted by molar-refractivity contribution is -0.131. The second kappa shape index (κ2) is 9.54. The summed E-state index contributed by atoms with van der Waals surface area (Å²) in [5.74, 6) is -1.32.